The molecular weight excluding hydrogens is 259 g/mol. The largest absolute Gasteiger partial charge is 0.395 e. The summed E-state index contributed by atoms with van der Waals surface area (Å²) >= 11 is 0. The number of benzene rings is 1. The van der Waals surface area contributed by atoms with Crippen molar-refractivity contribution >= 4 is 5.91 Å². The molecule has 1 aromatic rings. The van der Waals surface area contributed by atoms with Crippen LogP contribution >= 0.6 is 0 Å². The van der Waals surface area contributed by atoms with Gasteiger partial charge in [-0.3, -0.25) is 9.69 Å². The van der Waals surface area contributed by atoms with Gasteiger partial charge in [-0.05, 0) is 37.6 Å². The van der Waals surface area contributed by atoms with E-state index in [1.54, 1.807) is 24.0 Å². The quantitative estimate of drug-likeness (QED) is 0.907. The highest BCUT2D eigenvalue weighted by atomic mass is 19.1. The molecule has 0 bridgehead atoms. The van der Waals surface area contributed by atoms with E-state index in [0.717, 1.165) is 25.1 Å². The van der Waals surface area contributed by atoms with Crippen molar-refractivity contribution in [3.8, 4) is 0 Å². The number of aliphatic hydroxyl groups excluding tert-OH is 1. The van der Waals surface area contributed by atoms with Gasteiger partial charge < -0.3 is 10.0 Å². The summed E-state index contributed by atoms with van der Waals surface area (Å²) in [6, 6.07) is 4.71. The zero-order chi connectivity index (χ0) is 14.5. The number of rotatable bonds is 3. The lowest BCUT2D eigenvalue weighted by Gasteiger charge is -2.21. The summed E-state index contributed by atoms with van der Waals surface area (Å²) in [7, 11) is 0. The lowest BCUT2D eigenvalue weighted by atomic mass is 10.1. The number of amides is 1. The molecule has 0 spiro atoms. The molecule has 20 heavy (non-hydrogen) atoms. The molecule has 0 aromatic heterocycles. The van der Waals surface area contributed by atoms with Gasteiger partial charge in [0, 0.05) is 26.2 Å². The molecule has 1 aliphatic heterocycles. The smallest absolute Gasteiger partial charge is 0.256 e. The highest BCUT2D eigenvalue weighted by molar-refractivity contribution is 5.94. The number of halogens is 1. The maximum Gasteiger partial charge on any atom is 0.256 e. The van der Waals surface area contributed by atoms with Gasteiger partial charge in [-0.2, -0.15) is 0 Å². The normalized spacial score (nSPS) is 17.1. The number of aliphatic hydroxyl groups is 1. The second-order valence-electron chi connectivity index (χ2n) is 5.19. The molecule has 0 unspecified atom stereocenters. The third kappa shape index (κ3) is 3.55. The number of aryl methyl sites for hydroxylation is 1. The minimum atomic E-state index is -0.452. The molecule has 110 valence electrons. The summed E-state index contributed by atoms with van der Waals surface area (Å²) < 4.78 is 13.9. The van der Waals surface area contributed by atoms with Gasteiger partial charge in [-0.1, -0.05) is 6.07 Å². The maximum absolute atomic E-state index is 13.9. The minimum absolute atomic E-state index is 0.126. The van der Waals surface area contributed by atoms with Gasteiger partial charge in [0.2, 0.25) is 0 Å². The molecule has 1 fully saturated rings. The van der Waals surface area contributed by atoms with E-state index in [1.807, 2.05) is 0 Å². The Balaban J connectivity index is 2.05. The van der Waals surface area contributed by atoms with E-state index < -0.39 is 5.82 Å². The first-order valence-electron chi connectivity index (χ1n) is 7.00. The van der Waals surface area contributed by atoms with E-state index >= 15 is 0 Å². The fourth-order valence-electron chi connectivity index (χ4n) is 2.50. The van der Waals surface area contributed by atoms with Crippen LogP contribution in [0, 0.1) is 12.7 Å². The zero-order valence-electron chi connectivity index (χ0n) is 11.8. The molecule has 0 atom stereocenters. The van der Waals surface area contributed by atoms with Crippen LogP contribution in [0.25, 0.3) is 0 Å². The van der Waals surface area contributed by atoms with Gasteiger partial charge in [0.05, 0.1) is 12.2 Å². The SMILES string of the molecule is Cc1ccc(C(=O)N2CCCN(CCO)CC2)c(F)c1. The van der Waals surface area contributed by atoms with E-state index in [2.05, 4.69) is 4.90 Å². The van der Waals surface area contributed by atoms with Gasteiger partial charge in [0.25, 0.3) is 5.91 Å². The predicted molar refractivity (Wildman–Crippen MR) is 75.2 cm³/mol. The van der Waals surface area contributed by atoms with Crippen LogP contribution in [-0.2, 0) is 0 Å². The fraction of sp³-hybridized carbons (Fsp3) is 0.533. The van der Waals surface area contributed by atoms with Crippen LogP contribution in [-0.4, -0.2) is 60.1 Å². The molecular formula is C15H21FN2O2. The van der Waals surface area contributed by atoms with Crippen LogP contribution in [0.15, 0.2) is 18.2 Å². The van der Waals surface area contributed by atoms with E-state index in [0.29, 0.717) is 19.6 Å². The number of β-amino-alcohol motifs (C(OH)–C–C–N with tert-alkyl or cyclic N) is 1. The maximum atomic E-state index is 13.9. The van der Waals surface area contributed by atoms with Gasteiger partial charge >= 0.3 is 0 Å². The van der Waals surface area contributed by atoms with Crippen molar-refractivity contribution in [2.75, 3.05) is 39.3 Å². The highest BCUT2D eigenvalue weighted by Crippen LogP contribution is 2.14. The summed E-state index contributed by atoms with van der Waals surface area (Å²) in [5.74, 6) is -0.695. The van der Waals surface area contributed by atoms with Crippen molar-refractivity contribution in [3.63, 3.8) is 0 Å². The molecule has 0 radical (unpaired) electrons. The number of carbonyl (C=O) groups is 1. The average Bonchev–Trinajstić information content (AvgIpc) is 2.64. The lowest BCUT2D eigenvalue weighted by molar-refractivity contribution is 0.0756. The molecule has 1 heterocycles. The van der Waals surface area contributed by atoms with Crippen molar-refractivity contribution in [1.82, 2.24) is 9.80 Å². The van der Waals surface area contributed by atoms with E-state index in [9.17, 15) is 9.18 Å². The Labute approximate surface area is 118 Å². The Hall–Kier alpha value is -1.46. The lowest BCUT2D eigenvalue weighted by Crippen LogP contribution is -2.36. The third-order valence-electron chi connectivity index (χ3n) is 3.65. The van der Waals surface area contributed by atoms with E-state index in [-0.39, 0.29) is 18.1 Å². The molecule has 1 amide bonds. The van der Waals surface area contributed by atoms with Crippen molar-refractivity contribution < 1.29 is 14.3 Å². The van der Waals surface area contributed by atoms with E-state index in [4.69, 9.17) is 5.11 Å². The molecule has 5 heteroatoms. The third-order valence-corrected chi connectivity index (χ3v) is 3.65. The zero-order valence-corrected chi connectivity index (χ0v) is 11.8. The molecule has 1 aliphatic rings. The second kappa shape index (κ2) is 6.81. The highest BCUT2D eigenvalue weighted by Gasteiger charge is 2.22. The molecule has 0 aliphatic carbocycles. The number of hydrogen-bond acceptors (Lipinski definition) is 3. The molecule has 4 nitrogen and oxygen atoms in total. The van der Waals surface area contributed by atoms with Gasteiger partial charge in [0.1, 0.15) is 5.82 Å². The number of hydrogen-bond donors (Lipinski definition) is 1. The van der Waals surface area contributed by atoms with Gasteiger partial charge in [-0.25, -0.2) is 4.39 Å². The summed E-state index contributed by atoms with van der Waals surface area (Å²) in [6.45, 7) is 5.35. The first-order valence-corrected chi connectivity index (χ1v) is 7.00. The first-order chi connectivity index (χ1) is 9.61. The first kappa shape index (κ1) is 14.9. The Morgan fingerprint density at radius 2 is 2.10 bits per heavy atom. The van der Waals surface area contributed by atoms with Crippen molar-refractivity contribution in [2.24, 2.45) is 0 Å². The average molecular weight is 280 g/mol. The van der Waals surface area contributed by atoms with Crippen LogP contribution in [0.4, 0.5) is 4.39 Å². The van der Waals surface area contributed by atoms with Crippen molar-refractivity contribution in [1.29, 1.82) is 0 Å². The van der Waals surface area contributed by atoms with Crippen LogP contribution in [0.5, 0.6) is 0 Å². The van der Waals surface area contributed by atoms with Gasteiger partial charge in [0.15, 0.2) is 0 Å². The predicted octanol–water partition coefficient (Wildman–Crippen LogP) is 1.27. The topological polar surface area (TPSA) is 43.8 Å². The molecule has 0 saturated carbocycles. The van der Waals surface area contributed by atoms with Crippen molar-refractivity contribution in [2.45, 2.75) is 13.3 Å². The molecule has 1 saturated heterocycles. The van der Waals surface area contributed by atoms with Crippen LogP contribution < -0.4 is 0 Å². The number of nitrogens with zero attached hydrogens (tertiary/aromatic N) is 2. The summed E-state index contributed by atoms with van der Waals surface area (Å²) in [4.78, 5) is 16.2. The summed E-state index contributed by atoms with van der Waals surface area (Å²) in [5, 5.41) is 8.95. The van der Waals surface area contributed by atoms with Crippen LogP contribution in [0.1, 0.15) is 22.3 Å². The second-order valence-corrected chi connectivity index (χ2v) is 5.19. The molecule has 1 aromatic carbocycles. The minimum Gasteiger partial charge on any atom is -0.395 e. The monoisotopic (exact) mass is 280 g/mol. The standard InChI is InChI=1S/C15H21FN2O2/c1-12-3-4-13(14(16)11-12)15(20)18-6-2-5-17(7-8-18)9-10-19/h3-4,11,19H,2,5-10H2,1H3. The summed E-state index contributed by atoms with van der Waals surface area (Å²) in [6.07, 6.45) is 0.846. The van der Waals surface area contributed by atoms with E-state index in [1.165, 1.54) is 6.07 Å². The van der Waals surface area contributed by atoms with Gasteiger partial charge in [-0.15, -0.1) is 0 Å². The van der Waals surface area contributed by atoms with Crippen LogP contribution in [0.3, 0.4) is 0 Å². The summed E-state index contributed by atoms with van der Waals surface area (Å²) in [5.41, 5.74) is 0.954. The Morgan fingerprint density at radius 3 is 2.80 bits per heavy atom. The molecule has 2 rings (SSSR count). The fourth-order valence-corrected chi connectivity index (χ4v) is 2.50. The molecule has 1 N–H and O–H groups in total. The van der Waals surface area contributed by atoms with Crippen molar-refractivity contribution in [3.05, 3.63) is 35.1 Å². The Kier molecular flexibility index (Phi) is 5.09. The van der Waals surface area contributed by atoms with Crippen LogP contribution in [0.2, 0.25) is 0 Å². The Morgan fingerprint density at radius 1 is 1.30 bits per heavy atom. The Bertz CT molecular complexity index is 479. The number of carbonyl (C=O) groups excluding carboxylic acids is 1.